The van der Waals surface area contributed by atoms with Gasteiger partial charge in [0.15, 0.2) is 5.78 Å². The predicted molar refractivity (Wildman–Crippen MR) is 95.3 cm³/mol. The second-order valence-corrected chi connectivity index (χ2v) is 10.1. The molecule has 2 unspecified atom stereocenters. The van der Waals surface area contributed by atoms with Crippen molar-refractivity contribution in [2.45, 2.75) is 90.2 Å². The number of rotatable bonds is 1. The van der Waals surface area contributed by atoms with Crippen LogP contribution in [0.25, 0.3) is 0 Å². The molecule has 0 aromatic carbocycles. The van der Waals surface area contributed by atoms with Crippen LogP contribution in [0.1, 0.15) is 78.6 Å². The van der Waals surface area contributed by atoms with Gasteiger partial charge in [0, 0.05) is 11.5 Å². The van der Waals surface area contributed by atoms with Gasteiger partial charge in [-0.05, 0) is 93.8 Å². The lowest BCUT2D eigenvalue weighted by Crippen LogP contribution is -2.58. The fraction of sp³-hybridized carbons (Fsp3) is 0.952. The molecule has 0 aliphatic heterocycles. The third kappa shape index (κ3) is 2.00. The van der Waals surface area contributed by atoms with Gasteiger partial charge in [0.05, 0.1) is 0 Å². The van der Waals surface area contributed by atoms with Gasteiger partial charge in [0.25, 0.3) is 0 Å². The summed E-state index contributed by atoms with van der Waals surface area (Å²) >= 11 is 0. The van der Waals surface area contributed by atoms with Crippen LogP contribution in [0.5, 0.6) is 0 Å². The molecule has 136 valence electrons. The van der Waals surface area contributed by atoms with Gasteiger partial charge in [-0.1, -0.05) is 13.8 Å². The monoisotopic (exact) mass is 333 g/mol. The highest BCUT2D eigenvalue weighted by Gasteiger charge is 2.65. The Balaban J connectivity index is 1.65. The third-order valence-corrected chi connectivity index (χ3v) is 9.44. The van der Waals surface area contributed by atoms with Gasteiger partial charge in [-0.3, -0.25) is 4.79 Å². The van der Waals surface area contributed by atoms with Crippen LogP contribution in [-0.2, 0) is 4.79 Å². The number of Topliss-reactive ketones (excluding diaryl/α,β-unsaturated/α-hetero) is 1. The summed E-state index contributed by atoms with van der Waals surface area (Å²) in [7, 11) is 0. The lowest BCUT2D eigenvalue weighted by molar-refractivity contribution is -0.167. The number of aliphatic hydroxyl groups is 1. The quantitative estimate of drug-likeness (QED) is 0.769. The fourth-order valence-corrected chi connectivity index (χ4v) is 7.89. The van der Waals surface area contributed by atoms with Gasteiger partial charge in [-0.15, -0.1) is 0 Å². The highest BCUT2D eigenvalue weighted by atomic mass is 16.3. The molecule has 4 aliphatic rings. The molecule has 0 aromatic rings. The number of carbonyl (C=O) groups is 1. The van der Waals surface area contributed by atoms with Crippen LogP contribution in [0.3, 0.4) is 0 Å². The first kappa shape index (κ1) is 17.0. The normalized spacial score (nSPS) is 57.0. The molecule has 0 amide bonds. The second kappa shape index (κ2) is 5.30. The molecule has 0 bridgehead atoms. The molecular formula is C21H35NO2. The smallest absolute Gasteiger partial charge is 0.161 e. The minimum atomic E-state index is -1.07. The van der Waals surface area contributed by atoms with E-state index in [9.17, 15) is 9.90 Å². The van der Waals surface area contributed by atoms with Crippen LogP contribution in [0, 0.1) is 34.5 Å². The molecule has 24 heavy (non-hydrogen) atoms. The number of fused-ring (bicyclic) bond motifs is 5. The highest BCUT2D eigenvalue weighted by Crippen LogP contribution is 2.68. The highest BCUT2D eigenvalue weighted by molar-refractivity contribution is 5.86. The zero-order valence-electron chi connectivity index (χ0n) is 15.7. The molecule has 4 aliphatic carbocycles. The first-order chi connectivity index (χ1) is 11.2. The standard InChI is InChI=1S/C21H35NO2/c1-13(23)21(24)11-8-18-16-5-4-14-12-15(22)6-9-19(14,2)17(16)7-10-20(18,21)3/h14-18,24H,4-12,22H2,1-3H3/t14?,15?,16-,17+,18+,19+,20+,21+/m1/s1. The molecule has 0 aromatic heterocycles. The average molecular weight is 334 g/mol. The number of ketones is 1. The maximum atomic E-state index is 12.3. The maximum Gasteiger partial charge on any atom is 0.161 e. The number of nitrogens with two attached hydrogens (primary N) is 1. The van der Waals surface area contributed by atoms with Gasteiger partial charge >= 0.3 is 0 Å². The van der Waals surface area contributed by atoms with Crippen molar-refractivity contribution in [3.63, 3.8) is 0 Å². The summed E-state index contributed by atoms with van der Waals surface area (Å²) in [6.07, 6.45) is 10.2. The summed E-state index contributed by atoms with van der Waals surface area (Å²) in [5, 5.41) is 11.2. The molecule has 3 N–H and O–H groups in total. The Morgan fingerprint density at radius 3 is 2.42 bits per heavy atom. The van der Waals surface area contributed by atoms with E-state index in [0.29, 0.717) is 29.7 Å². The van der Waals surface area contributed by atoms with E-state index in [0.717, 1.165) is 24.7 Å². The molecule has 0 spiro atoms. The van der Waals surface area contributed by atoms with Crippen molar-refractivity contribution in [3.8, 4) is 0 Å². The van der Waals surface area contributed by atoms with Crippen LogP contribution >= 0.6 is 0 Å². The Kier molecular flexibility index (Phi) is 3.76. The minimum absolute atomic E-state index is 0.00510. The topological polar surface area (TPSA) is 63.3 Å². The average Bonchev–Trinajstić information content (AvgIpc) is 2.81. The van der Waals surface area contributed by atoms with Gasteiger partial charge in [-0.2, -0.15) is 0 Å². The third-order valence-electron chi connectivity index (χ3n) is 9.44. The van der Waals surface area contributed by atoms with Crippen molar-refractivity contribution < 1.29 is 9.90 Å². The zero-order valence-corrected chi connectivity index (χ0v) is 15.7. The second-order valence-electron chi connectivity index (χ2n) is 10.1. The van der Waals surface area contributed by atoms with E-state index in [1.807, 2.05) is 0 Å². The molecule has 0 saturated heterocycles. The summed E-state index contributed by atoms with van der Waals surface area (Å²) in [6.45, 7) is 6.35. The van der Waals surface area contributed by atoms with Crippen molar-refractivity contribution in [3.05, 3.63) is 0 Å². The van der Waals surface area contributed by atoms with E-state index in [1.54, 1.807) is 6.92 Å². The van der Waals surface area contributed by atoms with Crippen molar-refractivity contribution in [2.75, 3.05) is 0 Å². The van der Waals surface area contributed by atoms with Crippen molar-refractivity contribution in [1.82, 2.24) is 0 Å². The molecule has 4 rings (SSSR count). The van der Waals surface area contributed by atoms with Crippen LogP contribution in [-0.4, -0.2) is 22.5 Å². The fourth-order valence-electron chi connectivity index (χ4n) is 7.89. The van der Waals surface area contributed by atoms with Gasteiger partial charge < -0.3 is 10.8 Å². The van der Waals surface area contributed by atoms with E-state index in [2.05, 4.69) is 13.8 Å². The molecule has 3 heteroatoms. The van der Waals surface area contributed by atoms with Crippen LogP contribution in [0.2, 0.25) is 0 Å². The molecule has 4 saturated carbocycles. The molecular weight excluding hydrogens is 298 g/mol. The van der Waals surface area contributed by atoms with E-state index >= 15 is 0 Å². The van der Waals surface area contributed by atoms with Crippen molar-refractivity contribution >= 4 is 5.78 Å². The lowest BCUT2D eigenvalue weighted by atomic mass is 9.44. The predicted octanol–water partition coefficient (Wildman–Crippen LogP) is 3.68. The number of carbonyl (C=O) groups excluding carboxylic acids is 1. The van der Waals surface area contributed by atoms with Gasteiger partial charge in [0.1, 0.15) is 5.60 Å². The molecule has 3 nitrogen and oxygen atoms in total. The SMILES string of the molecule is CC(=O)[C@@]1(O)CC[C@H]2[C@@H]3CCC4CC(N)CC[C@]4(C)[C@H]3CC[C@@]21C. The molecule has 0 radical (unpaired) electrons. The summed E-state index contributed by atoms with van der Waals surface area (Å²) in [5.74, 6) is 2.79. The summed E-state index contributed by atoms with van der Waals surface area (Å²) in [6, 6.07) is 0.405. The van der Waals surface area contributed by atoms with Crippen LogP contribution in [0.15, 0.2) is 0 Å². The number of hydrogen-bond donors (Lipinski definition) is 2. The Hall–Kier alpha value is -0.410. The Bertz CT molecular complexity index is 548. The minimum Gasteiger partial charge on any atom is -0.382 e. The molecule has 0 heterocycles. The summed E-state index contributed by atoms with van der Waals surface area (Å²) < 4.78 is 0. The Morgan fingerprint density at radius 2 is 1.71 bits per heavy atom. The largest absolute Gasteiger partial charge is 0.382 e. The van der Waals surface area contributed by atoms with Gasteiger partial charge in [0.2, 0.25) is 0 Å². The zero-order chi connectivity index (χ0) is 17.3. The van der Waals surface area contributed by atoms with E-state index in [1.165, 1.54) is 38.5 Å². The van der Waals surface area contributed by atoms with E-state index < -0.39 is 5.60 Å². The van der Waals surface area contributed by atoms with Gasteiger partial charge in [-0.25, -0.2) is 0 Å². The van der Waals surface area contributed by atoms with E-state index in [4.69, 9.17) is 5.73 Å². The first-order valence-electron chi connectivity index (χ1n) is 10.2. The Labute approximate surface area is 146 Å². The van der Waals surface area contributed by atoms with Crippen LogP contribution in [0.4, 0.5) is 0 Å². The first-order valence-corrected chi connectivity index (χ1v) is 10.2. The molecule has 8 atom stereocenters. The van der Waals surface area contributed by atoms with Crippen molar-refractivity contribution in [2.24, 2.45) is 40.2 Å². The van der Waals surface area contributed by atoms with Crippen LogP contribution < -0.4 is 5.73 Å². The summed E-state index contributed by atoms with van der Waals surface area (Å²) in [4.78, 5) is 12.3. The Morgan fingerprint density at radius 1 is 1.00 bits per heavy atom. The van der Waals surface area contributed by atoms with Crippen molar-refractivity contribution in [1.29, 1.82) is 0 Å². The number of hydrogen-bond acceptors (Lipinski definition) is 3. The summed E-state index contributed by atoms with van der Waals surface area (Å²) in [5.41, 5.74) is 5.44. The van der Waals surface area contributed by atoms with E-state index in [-0.39, 0.29) is 11.2 Å². The lowest BCUT2D eigenvalue weighted by Gasteiger charge is -2.61. The maximum absolute atomic E-state index is 12.3. The molecule has 4 fully saturated rings.